The molecule has 0 aliphatic carbocycles. The van der Waals surface area contributed by atoms with E-state index < -0.39 is 5.92 Å². The van der Waals surface area contributed by atoms with Crippen molar-refractivity contribution >= 4 is 40.6 Å². The topological polar surface area (TPSA) is 86.8 Å². The van der Waals surface area contributed by atoms with E-state index in [4.69, 9.17) is 0 Å². The molecule has 2 aliphatic rings. The lowest BCUT2D eigenvalue weighted by atomic mass is 10.1. The van der Waals surface area contributed by atoms with Gasteiger partial charge >= 0.3 is 0 Å². The molecule has 0 bridgehead atoms. The van der Waals surface area contributed by atoms with Crippen molar-refractivity contribution in [3.63, 3.8) is 0 Å². The van der Waals surface area contributed by atoms with Crippen LogP contribution in [0.15, 0.2) is 42.5 Å². The highest BCUT2D eigenvalue weighted by atomic mass is 16.2. The Labute approximate surface area is 174 Å². The maximum Gasteiger partial charge on any atom is 0.229 e. The van der Waals surface area contributed by atoms with E-state index in [-0.39, 0.29) is 29.9 Å². The zero-order chi connectivity index (χ0) is 21.4. The van der Waals surface area contributed by atoms with Gasteiger partial charge in [0.2, 0.25) is 17.7 Å². The highest BCUT2D eigenvalue weighted by Crippen LogP contribution is 2.34. The molecule has 0 saturated carbocycles. The molecule has 1 N–H and O–H groups in total. The Balaban J connectivity index is 1.45. The highest BCUT2D eigenvalue weighted by Gasteiger charge is 2.36. The van der Waals surface area contributed by atoms with E-state index in [1.807, 2.05) is 18.2 Å². The van der Waals surface area contributed by atoms with Crippen LogP contribution >= 0.6 is 0 Å². The molecule has 30 heavy (non-hydrogen) atoms. The summed E-state index contributed by atoms with van der Waals surface area (Å²) >= 11 is 0. The molecule has 0 spiro atoms. The Hall–Kier alpha value is -3.48. The second kappa shape index (κ2) is 7.74. The Bertz CT molecular complexity index is 1040. The first kappa shape index (κ1) is 19.8. The Morgan fingerprint density at radius 1 is 1.03 bits per heavy atom. The minimum Gasteiger partial charge on any atom is -0.326 e. The summed E-state index contributed by atoms with van der Waals surface area (Å²) in [5.74, 6) is -0.793. The molecule has 7 nitrogen and oxygen atoms in total. The smallest absolute Gasteiger partial charge is 0.229 e. The number of fused-ring (bicyclic) bond motifs is 1. The zero-order valence-electron chi connectivity index (χ0n) is 17.0. The summed E-state index contributed by atoms with van der Waals surface area (Å²) in [6, 6.07) is 12.3. The SMILES string of the molecule is CC(=O)c1ccc(NC(=O)C2CC(=O)N(c3ccc4c(c3)CCN4C(C)=O)C2)cc1. The maximum atomic E-state index is 12.7. The third-order valence-electron chi connectivity index (χ3n) is 5.71. The van der Waals surface area contributed by atoms with E-state index in [1.165, 1.54) is 6.92 Å². The van der Waals surface area contributed by atoms with Gasteiger partial charge in [-0.15, -0.1) is 0 Å². The molecular weight excluding hydrogens is 382 g/mol. The normalized spacial score (nSPS) is 17.8. The van der Waals surface area contributed by atoms with Crippen LogP contribution in [0.2, 0.25) is 0 Å². The van der Waals surface area contributed by atoms with E-state index in [9.17, 15) is 19.2 Å². The number of hydrogen-bond donors (Lipinski definition) is 1. The van der Waals surface area contributed by atoms with Crippen LogP contribution in [0.3, 0.4) is 0 Å². The summed E-state index contributed by atoms with van der Waals surface area (Å²) in [5.41, 5.74) is 3.85. The van der Waals surface area contributed by atoms with Crippen molar-refractivity contribution in [1.82, 2.24) is 0 Å². The number of rotatable bonds is 4. The fourth-order valence-corrected chi connectivity index (χ4v) is 4.05. The Morgan fingerprint density at radius 2 is 1.77 bits per heavy atom. The van der Waals surface area contributed by atoms with Gasteiger partial charge < -0.3 is 15.1 Å². The molecule has 1 fully saturated rings. The number of amides is 3. The van der Waals surface area contributed by atoms with Gasteiger partial charge in [-0.1, -0.05) is 0 Å². The summed E-state index contributed by atoms with van der Waals surface area (Å²) in [6.07, 6.45) is 0.902. The highest BCUT2D eigenvalue weighted by molar-refractivity contribution is 6.04. The number of ketones is 1. The number of hydrogen-bond acceptors (Lipinski definition) is 4. The molecule has 1 atom stereocenters. The van der Waals surface area contributed by atoms with E-state index >= 15 is 0 Å². The van der Waals surface area contributed by atoms with Crippen molar-refractivity contribution in [3.05, 3.63) is 53.6 Å². The van der Waals surface area contributed by atoms with Gasteiger partial charge in [0, 0.05) is 49.1 Å². The number of nitrogens with zero attached hydrogens (tertiary/aromatic N) is 2. The number of carbonyl (C=O) groups is 4. The fourth-order valence-electron chi connectivity index (χ4n) is 4.05. The van der Waals surface area contributed by atoms with Gasteiger partial charge in [-0.25, -0.2) is 0 Å². The van der Waals surface area contributed by atoms with Crippen molar-refractivity contribution in [2.45, 2.75) is 26.7 Å². The number of nitrogens with one attached hydrogen (secondary N) is 1. The van der Waals surface area contributed by atoms with Crippen molar-refractivity contribution < 1.29 is 19.2 Å². The van der Waals surface area contributed by atoms with E-state index in [1.54, 1.807) is 41.0 Å². The van der Waals surface area contributed by atoms with Gasteiger partial charge in [-0.2, -0.15) is 0 Å². The first-order valence-electron chi connectivity index (χ1n) is 9.97. The quantitative estimate of drug-likeness (QED) is 0.793. The minimum atomic E-state index is -0.452. The Kier molecular flexibility index (Phi) is 5.11. The summed E-state index contributed by atoms with van der Waals surface area (Å²) in [6.45, 7) is 3.99. The Morgan fingerprint density at radius 3 is 2.43 bits per heavy atom. The lowest BCUT2D eigenvalue weighted by Crippen LogP contribution is -2.28. The summed E-state index contributed by atoms with van der Waals surface area (Å²) in [5, 5.41) is 2.83. The molecule has 0 radical (unpaired) electrons. The van der Waals surface area contributed by atoms with Gasteiger partial charge in [-0.3, -0.25) is 19.2 Å². The summed E-state index contributed by atoms with van der Waals surface area (Å²) < 4.78 is 0. The second-order valence-corrected chi connectivity index (χ2v) is 7.76. The lowest BCUT2D eigenvalue weighted by Gasteiger charge is -2.19. The van der Waals surface area contributed by atoms with E-state index in [2.05, 4.69) is 5.32 Å². The minimum absolute atomic E-state index is 0.00631. The van der Waals surface area contributed by atoms with Crippen LogP contribution in [0.4, 0.5) is 17.1 Å². The number of benzene rings is 2. The van der Waals surface area contributed by atoms with Gasteiger partial charge in [-0.05, 0) is 61.4 Å². The molecule has 2 aromatic rings. The maximum absolute atomic E-state index is 12.7. The standard InChI is InChI=1S/C23H23N3O4/c1-14(27)16-3-5-19(6-4-16)24-23(30)18-12-22(29)26(13-18)20-7-8-21-17(11-20)9-10-25(21)15(2)28/h3-8,11,18H,9-10,12-13H2,1-2H3,(H,24,30). The van der Waals surface area contributed by atoms with Gasteiger partial charge in [0.05, 0.1) is 5.92 Å². The molecule has 1 unspecified atom stereocenters. The van der Waals surface area contributed by atoms with Gasteiger partial charge in [0.15, 0.2) is 5.78 Å². The largest absolute Gasteiger partial charge is 0.326 e. The average Bonchev–Trinajstić information content (AvgIpc) is 3.31. The first-order chi connectivity index (χ1) is 14.3. The second-order valence-electron chi connectivity index (χ2n) is 7.76. The van der Waals surface area contributed by atoms with E-state index in [0.29, 0.717) is 24.3 Å². The van der Waals surface area contributed by atoms with Crippen LogP contribution < -0.4 is 15.1 Å². The monoisotopic (exact) mass is 405 g/mol. The molecule has 1 saturated heterocycles. The first-order valence-corrected chi connectivity index (χ1v) is 9.97. The lowest BCUT2D eigenvalue weighted by molar-refractivity contribution is -0.122. The zero-order valence-corrected chi connectivity index (χ0v) is 17.0. The van der Waals surface area contributed by atoms with Crippen molar-refractivity contribution in [1.29, 1.82) is 0 Å². The molecule has 154 valence electrons. The molecule has 2 heterocycles. The van der Waals surface area contributed by atoms with E-state index in [0.717, 1.165) is 23.4 Å². The van der Waals surface area contributed by atoms with Crippen molar-refractivity contribution in [2.24, 2.45) is 5.92 Å². The average molecular weight is 405 g/mol. The summed E-state index contributed by atoms with van der Waals surface area (Å²) in [7, 11) is 0. The molecule has 2 aliphatic heterocycles. The number of carbonyl (C=O) groups excluding carboxylic acids is 4. The van der Waals surface area contributed by atoms with Crippen LogP contribution in [0, 0.1) is 5.92 Å². The molecular formula is C23H23N3O4. The van der Waals surface area contributed by atoms with Crippen LogP contribution in [0.5, 0.6) is 0 Å². The van der Waals surface area contributed by atoms with Crippen molar-refractivity contribution in [2.75, 3.05) is 28.2 Å². The van der Waals surface area contributed by atoms with Crippen LogP contribution in [-0.4, -0.2) is 36.6 Å². The molecule has 2 aromatic carbocycles. The molecule has 3 amide bonds. The van der Waals surface area contributed by atoms with Gasteiger partial charge in [0.1, 0.15) is 0 Å². The predicted octanol–water partition coefficient (Wildman–Crippen LogP) is 2.79. The van der Waals surface area contributed by atoms with Crippen molar-refractivity contribution in [3.8, 4) is 0 Å². The third-order valence-corrected chi connectivity index (χ3v) is 5.71. The third kappa shape index (κ3) is 3.70. The fraction of sp³-hybridized carbons (Fsp3) is 0.304. The number of anilines is 3. The molecule has 0 aromatic heterocycles. The van der Waals surface area contributed by atoms with Crippen LogP contribution in [0.1, 0.15) is 36.2 Å². The van der Waals surface area contributed by atoms with Crippen LogP contribution in [-0.2, 0) is 20.8 Å². The summed E-state index contributed by atoms with van der Waals surface area (Å²) in [4.78, 5) is 51.7. The van der Waals surface area contributed by atoms with Crippen LogP contribution in [0.25, 0.3) is 0 Å². The van der Waals surface area contributed by atoms with Gasteiger partial charge in [0.25, 0.3) is 0 Å². The predicted molar refractivity (Wildman–Crippen MR) is 114 cm³/mol. The molecule has 7 heteroatoms. The number of Topliss-reactive ketones (excluding diaryl/α,β-unsaturated/α-hetero) is 1. The molecule has 4 rings (SSSR count).